The topological polar surface area (TPSA) is 94.2 Å². The van der Waals surface area contributed by atoms with Crippen molar-refractivity contribution in [2.75, 3.05) is 13.4 Å². The van der Waals surface area contributed by atoms with E-state index in [4.69, 9.17) is 8.92 Å². The summed E-state index contributed by atoms with van der Waals surface area (Å²) in [5.41, 5.74) is 3.13. The van der Waals surface area contributed by atoms with Crippen molar-refractivity contribution in [3.8, 4) is 22.9 Å². The van der Waals surface area contributed by atoms with E-state index in [1.54, 1.807) is 18.3 Å². The number of rotatable bonds is 4. The molecule has 2 heterocycles. The Hall–Kier alpha value is -2.61. The number of nitrogens with zero attached hydrogens (tertiary/aromatic N) is 2. The van der Waals surface area contributed by atoms with Crippen molar-refractivity contribution in [3.05, 3.63) is 36.0 Å². The first kappa shape index (κ1) is 15.3. The molecule has 2 aromatic heterocycles. The number of benzene rings is 1. The van der Waals surface area contributed by atoms with Gasteiger partial charge in [0.2, 0.25) is 0 Å². The summed E-state index contributed by atoms with van der Waals surface area (Å²) < 4.78 is 32.6. The average Bonchev–Trinajstić information content (AvgIpc) is 2.88. The van der Waals surface area contributed by atoms with E-state index in [0.29, 0.717) is 22.8 Å². The van der Waals surface area contributed by atoms with Gasteiger partial charge in [0.1, 0.15) is 17.3 Å². The number of pyridine rings is 1. The zero-order chi connectivity index (χ0) is 16.6. The molecule has 7 nitrogen and oxygen atoms in total. The van der Waals surface area contributed by atoms with Crippen LogP contribution in [-0.2, 0) is 10.1 Å². The van der Waals surface area contributed by atoms with Crippen LogP contribution in [-0.4, -0.2) is 36.7 Å². The molecule has 0 saturated carbocycles. The average molecular weight is 333 g/mol. The maximum Gasteiger partial charge on any atom is 0.306 e. The van der Waals surface area contributed by atoms with E-state index < -0.39 is 10.1 Å². The standard InChI is InChI=1S/C15H15N3O4S/c1-9-6-12-15(16-8-9)18-14(17-12)11-5-4-10(7-13(11)21-2)22-23(3,19)20/h4-8H,1-3H3,(H,16,17,18). The molecular weight excluding hydrogens is 318 g/mol. The Morgan fingerprint density at radius 3 is 2.70 bits per heavy atom. The molecule has 0 radical (unpaired) electrons. The molecule has 8 heteroatoms. The Morgan fingerprint density at radius 2 is 2.00 bits per heavy atom. The van der Waals surface area contributed by atoms with Gasteiger partial charge in [-0.1, -0.05) is 0 Å². The molecule has 1 N–H and O–H groups in total. The Labute approximate surface area is 133 Å². The van der Waals surface area contributed by atoms with E-state index in [9.17, 15) is 8.42 Å². The van der Waals surface area contributed by atoms with E-state index in [-0.39, 0.29) is 5.75 Å². The molecule has 0 amide bonds. The minimum Gasteiger partial charge on any atom is -0.496 e. The fraction of sp³-hybridized carbons (Fsp3) is 0.200. The summed E-state index contributed by atoms with van der Waals surface area (Å²) in [5, 5.41) is 0. The van der Waals surface area contributed by atoms with Gasteiger partial charge in [0.05, 0.1) is 24.4 Å². The SMILES string of the molecule is COc1cc(OS(C)(=O)=O)ccc1-c1nc2ncc(C)cc2[nH]1. The molecule has 120 valence electrons. The molecule has 0 aliphatic heterocycles. The molecule has 3 rings (SSSR count). The number of H-pyrrole nitrogens is 1. The Kier molecular flexibility index (Phi) is 3.69. The van der Waals surface area contributed by atoms with E-state index >= 15 is 0 Å². The van der Waals surface area contributed by atoms with Crippen LogP contribution >= 0.6 is 0 Å². The van der Waals surface area contributed by atoms with Crippen LogP contribution in [0.3, 0.4) is 0 Å². The molecule has 0 aliphatic carbocycles. The predicted octanol–water partition coefficient (Wildman–Crippen LogP) is 2.28. The molecule has 0 fully saturated rings. The smallest absolute Gasteiger partial charge is 0.306 e. The first-order valence-corrected chi connectivity index (χ1v) is 8.57. The molecule has 3 aromatic rings. The maximum atomic E-state index is 11.2. The van der Waals surface area contributed by atoms with Crippen LogP contribution in [0.1, 0.15) is 5.56 Å². The minimum absolute atomic E-state index is 0.179. The largest absolute Gasteiger partial charge is 0.496 e. The first-order valence-electron chi connectivity index (χ1n) is 6.76. The van der Waals surface area contributed by atoms with Crippen molar-refractivity contribution in [1.29, 1.82) is 0 Å². The number of methoxy groups -OCH3 is 1. The fourth-order valence-electron chi connectivity index (χ4n) is 2.23. The van der Waals surface area contributed by atoms with Gasteiger partial charge in [-0.3, -0.25) is 0 Å². The van der Waals surface area contributed by atoms with Crippen molar-refractivity contribution in [3.63, 3.8) is 0 Å². The predicted molar refractivity (Wildman–Crippen MR) is 86.1 cm³/mol. The van der Waals surface area contributed by atoms with Gasteiger partial charge < -0.3 is 13.9 Å². The van der Waals surface area contributed by atoms with E-state index in [1.165, 1.54) is 13.2 Å². The minimum atomic E-state index is -3.59. The van der Waals surface area contributed by atoms with Gasteiger partial charge in [-0.2, -0.15) is 8.42 Å². The van der Waals surface area contributed by atoms with Gasteiger partial charge in [-0.05, 0) is 30.7 Å². The lowest BCUT2D eigenvalue weighted by atomic mass is 10.2. The highest BCUT2D eigenvalue weighted by molar-refractivity contribution is 7.86. The van der Waals surface area contributed by atoms with Crippen LogP contribution in [0, 0.1) is 6.92 Å². The third-order valence-electron chi connectivity index (χ3n) is 3.15. The third-order valence-corrected chi connectivity index (χ3v) is 3.65. The van der Waals surface area contributed by atoms with E-state index in [0.717, 1.165) is 17.3 Å². The number of hydrogen-bond acceptors (Lipinski definition) is 6. The van der Waals surface area contributed by atoms with Crippen molar-refractivity contribution in [1.82, 2.24) is 15.0 Å². The number of aryl methyl sites for hydroxylation is 1. The first-order chi connectivity index (χ1) is 10.9. The van der Waals surface area contributed by atoms with E-state index in [2.05, 4.69) is 15.0 Å². The van der Waals surface area contributed by atoms with Crippen molar-refractivity contribution >= 4 is 21.3 Å². The van der Waals surface area contributed by atoms with Gasteiger partial charge in [0.15, 0.2) is 5.65 Å². The van der Waals surface area contributed by atoms with Crippen LogP contribution in [0.5, 0.6) is 11.5 Å². The van der Waals surface area contributed by atoms with Crippen molar-refractivity contribution < 1.29 is 17.3 Å². The molecule has 23 heavy (non-hydrogen) atoms. The number of aromatic nitrogens is 3. The summed E-state index contributed by atoms with van der Waals surface area (Å²) in [6, 6.07) is 6.68. The summed E-state index contributed by atoms with van der Waals surface area (Å²) in [6.07, 6.45) is 2.73. The van der Waals surface area contributed by atoms with Gasteiger partial charge in [-0.15, -0.1) is 0 Å². The molecule has 0 aliphatic rings. The molecule has 1 aromatic carbocycles. The number of nitrogens with one attached hydrogen (secondary N) is 1. The summed E-state index contributed by atoms with van der Waals surface area (Å²) in [5.74, 6) is 1.21. The second kappa shape index (κ2) is 5.54. The maximum absolute atomic E-state index is 11.2. The number of aromatic amines is 1. The number of ether oxygens (including phenoxy) is 1. The number of hydrogen-bond donors (Lipinski definition) is 1. The second-order valence-corrected chi connectivity index (χ2v) is 6.69. The number of imidazole rings is 1. The van der Waals surface area contributed by atoms with E-state index in [1.807, 2.05) is 13.0 Å². The lowest BCUT2D eigenvalue weighted by molar-refractivity contribution is 0.413. The zero-order valence-corrected chi connectivity index (χ0v) is 13.6. The summed E-state index contributed by atoms with van der Waals surface area (Å²) in [6.45, 7) is 1.95. The lowest BCUT2D eigenvalue weighted by Crippen LogP contribution is -2.05. The van der Waals surface area contributed by atoms with Crippen molar-refractivity contribution in [2.24, 2.45) is 0 Å². The van der Waals surface area contributed by atoms with Crippen LogP contribution in [0.2, 0.25) is 0 Å². The van der Waals surface area contributed by atoms with Crippen LogP contribution in [0.4, 0.5) is 0 Å². The zero-order valence-electron chi connectivity index (χ0n) is 12.8. The second-order valence-electron chi connectivity index (χ2n) is 5.12. The van der Waals surface area contributed by atoms with Crippen LogP contribution in [0.15, 0.2) is 30.5 Å². The van der Waals surface area contributed by atoms with Crippen molar-refractivity contribution in [2.45, 2.75) is 6.92 Å². The third kappa shape index (κ3) is 3.26. The molecule has 0 unspecified atom stereocenters. The molecular formula is C15H15N3O4S. The summed E-state index contributed by atoms with van der Waals surface area (Å²) in [4.78, 5) is 11.9. The van der Waals surface area contributed by atoms with Crippen LogP contribution in [0.25, 0.3) is 22.6 Å². The fourth-order valence-corrected chi connectivity index (χ4v) is 2.68. The Balaban J connectivity index is 2.07. The van der Waals surface area contributed by atoms with Gasteiger partial charge >= 0.3 is 10.1 Å². The highest BCUT2D eigenvalue weighted by atomic mass is 32.2. The number of fused-ring (bicyclic) bond motifs is 1. The molecule has 0 saturated heterocycles. The molecule has 0 bridgehead atoms. The normalized spacial score (nSPS) is 11.6. The highest BCUT2D eigenvalue weighted by Gasteiger charge is 2.14. The summed E-state index contributed by atoms with van der Waals surface area (Å²) in [7, 11) is -2.10. The monoisotopic (exact) mass is 333 g/mol. The highest BCUT2D eigenvalue weighted by Crippen LogP contribution is 2.33. The van der Waals surface area contributed by atoms with Crippen LogP contribution < -0.4 is 8.92 Å². The molecule has 0 spiro atoms. The quantitative estimate of drug-likeness (QED) is 0.736. The Bertz CT molecular complexity index is 980. The van der Waals surface area contributed by atoms with Gasteiger partial charge in [0.25, 0.3) is 0 Å². The Morgan fingerprint density at radius 1 is 1.22 bits per heavy atom. The summed E-state index contributed by atoms with van der Waals surface area (Å²) >= 11 is 0. The molecule has 0 atom stereocenters. The van der Waals surface area contributed by atoms with Gasteiger partial charge in [-0.25, -0.2) is 9.97 Å². The van der Waals surface area contributed by atoms with Gasteiger partial charge in [0, 0.05) is 12.3 Å². The lowest BCUT2D eigenvalue weighted by Gasteiger charge is -2.09.